The van der Waals surface area contributed by atoms with Crippen molar-refractivity contribution in [2.24, 2.45) is 11.3 Å². The van der Waals surface area contributed by atoms with Gasteiger partial charge in [0, 0.05) is 19.1 Å². The van der Waals surface area contributed by atoms with Gasteiger partial charge < -0.3 is 10.2 Å². The van der Waals surface area contributed by atoms with E-state index in [-0.39, 0.29) is 0 Å². The minimum absolute atomic E-state index is 0.391. The highest BCUT2D eigenvalue weighted by Gasteiger charge is 2.19. The van der Waals surface area contributed by atoms with Crippen LogP contribution in [0, 0.1) is 11.3 Å². The Bertz CT molecular complexity index is 160. The lowest BCUT2D eigenvalue weighted by Crippen LogP contribution is -2.44. The van der Waals surface area contributed by atoms with Crippen molar-refractivity contribution in [1.82, 2.24) is 10.2 Å². The van der Waals surface area contributed by atoms with Crippen LogP contribution in [0.1, 0.15) is 41.0 Å². The fourth-order valence-corrected chi connectivity index (χ4v) is 2.05. The first-order valence-corrected chi connectivity index (χ1v) is 6.16. The van der Waals surface area contributed by atoms with Crippen molar-refractivity contribution in [3.05, 3.63) is 0 Å². The first-order chi connectivity index (χ1) is 6.80. The Labute approximate surface area is 96.4 Å². The summed E-state index contributed by atoms with van der Waals surface area (Å²) in [6.07, 6.45) is 1.24. The van der Waals surface area contributed by atoms with Crippen LogP contribution >= 0.6 is 0 Å². The average Bonchev–Trinajstić information content (AvgIpc) is 2.10. The largest absolute Gasteiger partial charge is 0.315 e. The van der Waals surface area contributed by atoms with E-state index in [1.54, 1.807) is 0 Å². The zero-order valence-corrected chi connectivity index (χ0v) is 11.7. The van der Waals surface area contributed by atoms with Crippen molar-refractivity contribution in [2.45, 2.75) is 47.1 Å². The maximum atomic E-state index is 3.43. The molecular weight excluding hydrogens is 184 g/mol. The van der Waals surface area contributed by atoms with Gasteiger partial charge in [0.05, 0.1) is 0 Å². The second-order valence-corrected chi connectivity index (χ2v) is 6.04. The normalized spacial score (nSPS) is 16.8. The number of hydrogen-bond donors (Lipinski definition) is 1. The van der Waals surface area contributed by atoms with Crippen LogP contribution in [-0.2, 0) is 0 Å². The van der Waals surface area contributed by atoms with Crippen molar-refractivity contribution >= 4 is 0 Å². The van der Waals surface area contributed by atoms with Crippen LogP contribution in [0.4, 0.5) is 0 Å². The molecule has 1 N–H and O–H groups in total. The van der Waals surface area contributed by atoms with E-state index in [1.807, 2.05) is 0 Å². The highest BCUT2D eigenvalue weighted by molar-refractivity contribution is 4.76. The Morgan fingerprint density at radius 1 is 1.27 bits per heavy atom. The van der Waals surface area contributed by atoms with Crippen LogP contribution < -0.4 is 5.32 Å². The van der Waals surface area contributed by atoms with Crippen molar-refractivity contribution in [2.75, 3.05) is 27.2 Å². The molecule has 0 rings (SSSR count). The Morgan fingerprint density at radius 2 is 1.80 bits per heavy atom. The van der Waals surface area contributed by atoms with Gasteiger partial charge in [0.1, 0.15) is 0 Å². The third-order valence-electron chi connectivity index (χ3n) is 2.95. The maximum Gasteiger partial charge on any atom is 0.0217 e. The lowest BCUT2D eigenvalue weighted by molar-refractivity contribution is 0.191. The molecule has 0 spiro atoms. The summed E-state index contributed by atoms with van der Waals surface area (Å²) in [6, 6.07) is 0.613. The summed E-state index contributed by atoms with van der Waals surface area (Å²) in [7, 11) is 4.29. The van der Waals surface area contributed by atoms with E-state index in [4.69, 9.17) is 0 Å². The number of hydrogen-bond acceptors (Lipinski definition) is 2. The van der Waals surface area contributed by atoms with Crippen molar-refractivity contribution < 1.29 is 0 Å². The molecule has 2 atom stereocenters. The maximum absolute atomic E-state index is 3.43. The van der Waals surface area contributed by atoms with Crippen LogP contribution in [0.5, 0.6) is 0 Å². The summed E-state index contributed by atoms with van der Waals surface area (Å²) in [5, 5.41) is 3.43. The molecule has 15 heavy (non-hydrogen) atoms. The van der Waals surface area contributed by atoms with Gasteiger partial charge in [-0.15, -0.1) is 0 Å². The van der Waals surface area contributed by atoms with Crippen LogP contribution in [-0.4, -0.2) is 38.1 Å². The topological polar surface area (TPSA) is 15.3 Å². The monoisotopic (exact) mass is 214 g/mol. The van der Waals surface area contributed by atoms with Gasteiger partial charge in [-0.05, 0) is 25.4 Å². The summed E-state index contributed by atoms with van der Waals surface area (Å²) in [4.78, 5) is 2.44. The summed E-state index contributed by atoms with van der Waals surface area (Å²) < 4.78 is 0. The van der Waals surface area contributed by atoms with E-state index >= 15 is 0 Å². The van der Waals surface area contributed by atoms with Gasteiger partial charge in [0.2, 0.25) is 0 Å². The van der Waals surface area contributed by atoms with Crippen LogP contribution in [0.3, 0.4) is 0 Å². The number of likely N-dealkylation sites (N-methyl/N-ethyl adjacent to an activating group) is 2. The molecule has 0 aromatic heterocycles. The molecule has 0 aromatic carbocycles. The van der Waals surface area contributed by atoms with Gasteiger partial charge in [-0.3, -0.25) is 0 Å². The zero-order valence-electron chi connectivity index (χ0n) is 11.7. The molecule has 2 unspecified atom stereocenters. The molecule has 0 aliphatic heterocycles. The summed E-state index contributed by atoms with van der Waals surface area (Å²) in [5.74, 6) is 0.748. The third kappa shape index (κ3) is 6.91. The number of nitrogens with zero attached hydrogens (tertiary/aromatic N) is 1. The quantitative estimate of drug-likeness (QED) is 0.731. The van der Waals surface area contributed by atoms with Gasteiger partial charge in [0.25, 0.3) is 0 Å². The molecule has 0 saturated carbocycles. The Balaban J connectivity index is 4.07. The van der Waals surface area contributed by atoms with Gasteiger partial charge in [-0.2, -0.15) is 0 Å². The third-order valence-corrected chi connectivity index (χ3v) is 2.95. The molecule has 92 valence electrons. The second-order valence-electron chi connectivity index (χ2n) is 6.04. The van der Waals surface area contributed by atoms with Gasteiger partial charge >= 0.3 is 0 Å². The molecule has 0 fully saturated rings. The summed E-state index contributed by atoms with van der Waals surface area (Å²) in [5.41, 5.74) is 0.391. The molecule has 2 heteroatoms. The lowest BCUT2D eigenvalue weighted by Gasteiger charge is -2.32. The minimum atomic E-state index is 0.391. The Hall–Kier alpha value is -0.0800. The van der Waals surface area contributed by atoms with Gasteiger partial charge in [0.15, 0.2) is 0 Å². The van der Waals surface area contributed by atoms with Crippen LogP contribution in [0.2, 0.25) is 0 Å². The fraction of sp³-hybridized carbons (Fsp3) is 1.00. The Morgan fingerprint density at radius 3 is 2.13 bits per heavy atom. The highest BCUT2D eigenvalue weighted by Crippen LogP contribution is 2.15. The first kappa shape index (κ1) is 14.9. The highest BCUT2D eigenvalue weighted by atomic mass is 15.1. The fourth-order valence-electron chi connectivity index (χ4n) is 2.05. The standard InChI is InChI=1S/C13H30N2/c1-8-11(2)12(14-6)9-15(7)10-13(3,4)5/h11-12,14H,8-10H2,1-7H3. The van der Waals surface area contributed by atoms with Crippen molar-refractivity contribution in [1.29, 1.82) is 0 Å². The second kappa shape index (κ2) is 6.49. The molecular formula is C13H30N2. The Kier molecular flexibility index (Phi) is 6.46. The molecule has 0 saturated heterocycles. The summed E-state index contributed by atoms with van der Waals surface area (Å²) >= 11 is 0. The molecule has 0 amide bonds. The molecule has 0 bridgehead atoms. The van der Waals surface area contributed by atoms with Crippen molar-refractivity contribution in [3.8, 4) is 0 Å². The molecule has 0 heterocycles. The first-order valence-electron chi connectivity index (χ1n) is 6.16. The predicted molar refractivity (Wildman–Crippen MR) is 69.3 cm³/mol. The van der Waals surface area contributed by atoms with E-state index < -0.39 is 0 Å². The molecule has 0 aliphatic rings. The molecule has 2 nitrogen and oxygen atoms in total. The lowest BCUT2D eigenvalue weighted by atomic mass is 9.94. The minimum Gasteiger partial charge on any atom is -0.315 e. The molecule has 0 aliphatic carbocycles. The van der Waals surface area contributed by atoms with E-state index in [2.05, 4.69) is 58.9 Å². The predicted octanol–water partition coefficient (Wildman–Crippen LogP) is 2.60. The van der Waals surface area contributed by atoms with Crippen molar-refractivity contribution in [3.63, 3.8) is 0 Å². The summed E-state index contributed by atoms with van der Waals surface area (Å²) in [6.45, 7) is 13.8. The SMILES string of the molecule is CCC(C)C(CN(C)CC(C)(C)C)NC. The van der Waals surface area contributed by atoms with E-state index in [0.717, 1.165) is 19.0 Å². The van der Waals surface area contributed by atoms with E-state index in [0.29, 0.717) is 11.5 Å². The smallest absolute Gasteiger partial charge is 0.0217 e. The molecule has 0 aromatic rings. The van der Waals surface area contributed by atoms with E-state index in [1.165, 1.54) is 6.42 Å². The van der Waals surface area contributed by atoms with Gasteiger partial charge in [-0.25, -0.2) is 0 Å². The van der Waals surface area contributed by atoms with Gasteiger partial charge in [-0.1, -0.05) is 41.0 Å². The molecule has 0 radical (unpaired) electrons. The average molecular weight is 214 g/mol. The van der Waals surface area contributed by atoms with E-state index in [9.17, 15) is 0 Å². The zero-order chi connectivity index (χ0) is 12.1. The number of rotatable bonds is 6. The van der Waals surface area contributed by atoms with Crippen LogP contribution in [0.25, 0.3) is 0 Å². The number of nitrogens with one attached hydrogen (secondary N) is 1. The van der Waals surface area contributed by atoms with Crippen LogP contribution in [0.15, 0.2) is 0 Å².